The summed E-state index contributed by atoms with van der Waals surface area (Å²) in [5.74, 6) is 0. The maximum atomic E-state index is 2.43. The lowest BCUT2D eigenvalue weighted by molar-refractivity contribution is 1.18. The van der Waals surface area contributed by atoms with E-state index >= 15 is 0 Å². The van der Waals surface area contributed by atoms with E-state index in [2.05, 4.69) is 239 Å². The molecule has 0 amide bonds. The summed E-state index contributed by atoms with van der Waals surface area (Å²) in [4.78, 5) is 4.80. The number of para-hydroxylation sites is 3. The SMILES string of the molecule is c1ccc(N(c2ccc3c(c2)sc2ccccc23)c2ccc3c(c2)sc2ccc(N(c4ccccc4)c4ccc5c6ccccc6n(-c6ccc7ccccc7c6)c5c4)cc23)cc1. The fourth-order valence-corrected chi connectivity index (χ4v) is 11.9. The smallest absolute Gasteiger partial charge is 0.0561 e. The van der Waals surface area contributed by atoms with Crippen molar-refractivity contribution >= 4 is 130 Å². The summed E-state index contributed by atoms with van der Waals surface area (Å²) in [7, 11) is 0. The Bertz CT molecular complexity index is 3880. The zero-order valence-corrected chi connectivity index (χ0v) is 35.7. The highest BCUT2D eigenvalue weighted by atomic mass is 32.1. The number of aromatic nitrogens is 1. The molecule has 3 aromatic heterocycles. The van der Waals surface area contributed by atoms with E-state index in [0.717, 1.165) is 39.8 Å². The van der Waals surface area contributed by atoms with Gasteiger partial charge in [0.2, 0.25) is 0 Å². The second-order valence-electron chi connectivity index (χ2n) is 16.2. The molecule has 0 radical (unpaired) electrons. The predicted molar refractivity (Wildman–Crippen MR) is 273 cm³/mol. The maximum absolute atomic E-state index is 2.43. The van der Waals surface area contributed by atoms with E-state index < -0.39 is 0 Å². The standard InChI is InChI=1S/C58H37N3S2/c1-3-15-40(16-4-1)59(44-25-29-48-47-19-9-11-21-53(47)61(54(48)35-44)42-24-23-38-13-7-8-14-39(38)33-42)43-28-32-56-52(34-43)51-31-27-46(37-58(51)63-56)60(41-17-5-2-6-18-41)45-26-30-50-49-20-10-12-22-55(49)62-57(50)36-45/h1-37H. The van der Waals surface area contributed by atoms with Gasteiger partial charge in [0, 0.05) is 90.9 Å². The molecule has 0 aliphatic rings. The van der Waals surface area contributed by atoms with Gasteiger partial charge in [-0.15, -0.1) is 22.7 Å². The summed E-state index contributed by atoms with van der Waals surface area (Å²) in [6, 6.07) is 82.2. The molecule has 0 atom stereocenters. The lowest BCUT2D eigenvalue weighted by Gasteiger charge is -2.26. The van der Waals surface area contributed by atoms with E-state index in [9.17, 15) is 0 Å². The van der Waals surface area contributed by atoms with E-state index in [4.69, 9.17) is 0 Å². The minimum absolute atomic E-state index is 1.11. The normalized spacial score (nSPS) is 11.8. The van der Waals surface area contributed by atoms with Gasteiger partial charge >= 0.3 is 0 Å². The maximum Gasteiger partial charge on any atom is 0.0561 e. The predicted octanol–water partition coefficient (Wildman–Crippen LogP) is 17.6. The van der Waals surface area contributed by atoms with Crippen LogP contribution in [0.1, 0.15) is 0 Å². The molecule has 3 heterocycles. The minimum atomic E-state index is 1.11. The van der Waals surface area contributed by atoms with Crippen LogP contribution in [-0.4, -0.2) is 4.57 Å². The molecule has 63 heavy (non-hydrogen) atoms. The van der Waals surface area contributed by atoms with Gasteiger partial charge in [0.05, 0.1) is 11.0 Å². The van der Waals surface area contributed by atoms with Crippen molar-refractivity contribution in [2.24, 2.45) is 0 Å². The summed E-state index contributed by atoms with van der Waals surface area (Å²) < 4.78 is 7.57. The Hall–Kier alpha value is -7.70. The molecule has 0 aliphatic carbocycles. The molecule has 0 saturated carbocycles. The molecule has 0 saturated heterocycles. The van der Waals surface area contributed by atoms with Crippen LogP contribution in [0.3, 0.4) is 0 Å². The number of thiophene rings is 2. The van der Waals surface area contributed by atoms with Gasteiger partial charge in [-0.2, -0.15) is 0 Å². The highest BCUT2D eigenvalue weighted by molar-refractivity contribution is 7.26. The number of anilines is 6. The Morgan fingerprint density at radius 2 is 0.762 bits per heavy atom. The first-order chi connectivity index (χ1) is 31.2. The van der Waals surface area contributed by atoms with Crippen molar-refractivity contribution in [2.75, 3.05) is 9.80 Å². The Morgan fingerprint density at radius 1 is 0.270 bits per heavy atom. The van der Waals surface area contributed by atoms with Gasteiger partial charge in [-0.3, -0.25) is 0 Å². The minimum Gasteiger partial charge on any atom is -0.310 e. The average Bonchev–Trinajstić information content (AvgIpc) is 4.01. The van der Waals surface area contributed by atoms with E-state index in [1.807, 2.05) is 22.7 Å². The fraction of sp³-hybridized carbons (Fsp3) is 0. The first-order valence-corrected chi connectivity index (χ1v) is 23.0. The van der Waals surface area contributed by atoms with Gasteiger partial charge in [0.25, 0.3) is 0 Å². The van der Waals surface area contributed by atoms with Crippen LogP contribution >= 0.6 is 22.7 Å². The summed E-state index contributed by atoms with van der Waals surface area (Å²) in [6.07, 6.45) is 0. The van der Waals surface area contributed by atoms with Gasteiger partial charge < -0.3 is 14.4 Å². The quantitative estimate of drug-likeness (QED) is 0.158. The lowest BCUT2D eigenvalue weighted by atomic mass is 10.1. The molecule has 10 aromatic carbocycles. The van der Waals surface area contributed by atoms with E-state index in [1.165, 1.54) is 72.9 Å². The average molecular weight is 840 g/mol. The molecular formula is C58H37N3S2. The van der Waals surface area contributed by atoms with E-state index in [1.54, 1.807) is 0 Å². The second kappa shape index (κ2) is 14.5. The number of nitrogens with zero attached hydrogens (tertiary/aromatic N) is 3. The highest BCUT2D eigenvalue weighted by Crippen LogP contribution is 2.46. The van der Waals surface area contributed by atoms with E-state index in [0.29, 0.717) is 0 Å². The van der Waals surface area contributed by atoms with Crippen molar-refractivity contribution in [3.8, 4) is 5.69 Å². The van der Waals surface area contributed by atoms with Crippen LogP contribution in [0.5, 0.6) is 0 Å². The van der Waals surface area contributed by atoms with Crippen LogP contribution in [0.15, 0.2) is 224 Å². The van der Waals surface area contributed by atoms with Crippen molar-refractivity contribution in [3.05, 3.63) is 224 Å². The fourth-order valence-electron chi connectivity index (χ4n) is 9.63. The van der Waals surface area contributed by atoms with Crippen LogP contribution in [0.25, 0.3) is 78.6 Å². The molecule has 0 unspecified atom stereocenters. The second-order valence-corrected chi connectivity index (χ2v) is 18.3. The van der Waals surface area contributed by atoms with Gasteiger partial charge in [-0.05, 0) is 114 Å². The third kappa shape index (κ3) is 5.93. The molecule has 13 aromatic rings. The molecule has 13 rings (SSSR count). The van der Waals surface area contributed by atoms with Gasteiger partial charge in [0.1, 0.15) is 0 Å². The zero-order valence-electron chi connectivity index (χ0n) is 34.0. The van der Waals surface area contributed by atoms with Crippen LogP contribution in [0, 0.1) is 0 Å². The van der Waals surface area contributed by atoms with Crippen molar-refractivity contribution in [3.63, 3.8) is 0 Å². The number of hydrogen-bond acceptors (Lipinski definition) is 4. The topological polar surface area (TPSA) is 11.4 Å². The van der Waals surface area contributed by atoms with Crippen molar-refractivity contribution in [1.29, 1.82) is 0 Å². The van der Waals surface area contributed by atoms with Crippen molar-refractivity contribution in [2.45, 2.75) is 0 Å². The van der Waals surface area contributed by atoms with Gasteiger partial charge in [-0.1, -0.05) is 121 Å². The summed E-state index contributed by atoms with van der Waals surface area (Å²) in [6.45, 7) is 0. The molecule has 0 bridgehead atoms. The molecule has 0 aliphatic heterocycles. The zero-order chi connectivity index (χ0) is 41.4. The molecule has 3 nitrogen and oxygen atoms in total. The van der Waals surface area contributed by atoms with Crippen LogP contribution < -0.4 is 9.80 Å². The van der Waals surface area contributed by atoms with Gasteiger partial charge in [0.15, 0.2) is 0 Å². The molecule has 296 valence electrons. The third-order valence-electron chi connectivity index (χ3n) is 12.5. The Kier molecular flexibility index (Phi) is 8.26. The molecule has 5 heteroatoms. The number of fused-ring (bicyclic) bond motifs is 10. The largest absolute Gasteiger partial charge is 0.310 e. The molecule has 0 fully saturated rings. The Morgan fingerprint density at radius 3 is 1.48 bits per heavy atom. The summed E-state index contributed by atoms with van der Waals surface area (Å²) in [5, 5.41) is 10.1. The number of rotatable bonds is 7. The summed E-state index contributed by atoms with van der Waals surface area (Å²) >= 11 is 3.72. The monoisotopic (exact) mass is 839 g/mol. The molecule has 0 spiro atoms. The van der Waals surface area contributed by atoms with Crippen LogP contribution in [0.4, 0.5) is 34.1 Å². The van der Waals surface area contributed by atoms with Crippen LogP contribution in [0.2, 0.25) is 0 Å². The first-order valence-electron chi connectivity index (χ1n) is 21.3. The van der Waals surface area contributed by atoms with Crippen molar-refractivity contribution in [1.82, 2.24) is 4.57 Å². The van der Waals surface area contributed by atoms with E-state index in [-0.39, 0.29) is 0 Å². The Labute approximate surface area is 372 Å². The Balaban J connectivity index is 0.947. The molecular weight excluding hydrogens is 803 g/mol. The third-order valence-corrected chi connectivity index (χ3v) is 14.8. The molecule has 0 N–H and O–H groups in total. The van der Waals surface area contributed by atoms with Crippen molar-refractivity contribution < 1.29 is 0 Å². The summed E-state index contributed by atoms with van der Waals surface area (Å²) in [5.41, 5.74) is 10.3. The first kappa shape index (κ1) is 36.0. The lowest BCUT2D eigenvalue weighted by Crippen LogP contribution is -2.10. The van der Waals surface area contributed by atoms with Gasteiger partial charge in [-0.25, -0.2) is 0 Å². The van der Waals surface area contributed by atoms with Crippen LogP contribution in [-0.2, 0) is 0 Å². The number of benzene rings is 10. The highest BCUT2D eigenvalue weighted by Gasteiger charge is 2.20. The number of hydrogen-bond donors (Lipinski definition) is 0.